The first-order chi connectivity index (χ1) is 8.74. The summed E-state index contributed by atoms with van der Waals surface area (Å²) >= 11 is 0. The number of hydrogen-bond acceptors (Lipinski definition) is 1. The van der Waals surface area contributed by atoms with Crippen LogP contribution < -0.4 is 0 Å². The lowest BCUT2D eigenvalue weighted by atomic mass is 10.1. The number of para-hydroxylation sites is 2. The number of hydrogen-bond donors (Lipinski definition) is 1. The van der Waals surface area contributed by atoms with Gasteiger partial charge in [0, 0.05) is 11.1 Å². The van der Waals surface area contributed by atoms with Crippen LogP contribution in [0, 0.1) is 0 Å². The summed E-state index contributed by atoms with van der Waals surface area (Å²) in [5.74, 6) is 0.692. The second-order valence-electron chi connectivity index (χ2n) is 4.03. The van der Waals surface area contributed by atoms with Crippen molar-refractivity contribution < 1.29 is 8.78 Å². The number of halogens is 2. The van der Waals surface area contributed by atoms with E-state index < -0.39 is 6.43 Å². The van der Waals surface area contributed by atoms with Gasteiger partial charge in [-0.25, -0.2) is 13.8 Å². The first-order valence-electron chi connectivity index (χ1n) is 5.57. The summed E-state index contributed by atoms with van der Waals surface area (Å²) in [6, 6.07) is 13.8. The summed E-state index contributed by atoms with van der Waals surface area (Å²) in [5.41, 5.74) is 2.63. The Morgan fingerprint density at radius 3 is 2.33 bits per heavy atom. The third-order valence-corrected chi connectivity index (χ3v) is 2.83. The number of nitrogens with zero attached hydrogens (tertiary/aromatic N) is 1. The lowest BCUT2D eigenvalue weighted by Gasteiger charge is -2.00. The monoisotopic (exact) mass is 244 g/mol. The molecule has 90 valence electrons. The summed E-state index contributed by atoms with van der Waals surface area (Å²) in [5, 5.41) is 0. The molecular weight excluding hydrogens is 234 g/mol. The van der Waals surface area contributed by atoms with E-state index >= 15 is 0 Å². The van der Waals surface area contributed by atoms with Gasteiger partial charge in [-0.05, 0) is 12.1 Å². The third kappa shape index (κ3) is 1.86. The van der Waals surface area contributed by atoms with Crippen LogP contribution in [0.1, 0.15) is 12.0 Å². The fourth-order valence-electron chi connectivity index (χ4n) is 1.88. The molecule has 1 N–H and O–H groups in total. The lowest BCUT2D eigenvalue weighted by molar-refractivity contribution is 0.151. The Bertz CT molecular complexity index is 639. The summed E-state index contributed by atoms with van der Waals surface area (Å²) < 4.78 is 24.9. The molecule has 0 unspecified atom stereocenters. The zero-order chi connectivity index (χ0) is 12.5. The van der Waals surface area contributed by atoms with Crippen molar-refractivity contribution in [2.45, 2.75) is 6.43 Å². The van der Waals surface area contributed by atoms with E-state index in [0.29, 0.717) is 5.82 Å². The first kappa shape index (κ1) is 10.9. The van der Waals surface area contributed by atoms with Crippen molar-refractivity contribution in [3.63, 3.8) is 0 Å². The molecule has 0 saturated heterocycles. The van der Waals surface area contributed by atoms with Crippen molar-refractivity contribution in [3.05, 3.63) is 54.1 Å². The van der Waals surface area contributed by atoms with Gasteiger partial charge in [0.25, 0.3) is 6.43 Å². The normalized spacial score (nSPS) is 11.3. The second-order valence-corrected chi connectivity index (χ2v) is 4.03. The fraction of sp³-hybridized carbons (Fsp3) is 0.0714. The number of H-pyrrole nitrogens is 1. The second kappa shape index (κ2) is 4.22. The Morgan fingerprint density at radius 1 is 0.944 bits per heavy atom. The zero-order valence-corrected chi connectivity index (χ0v) is 9.40. The maximum absolute atomic E-state index is 12.4. The smallest absolute Gasteiger partial charge is 0.263 e. The number of fused-ring (bicyclic) bond motifs is 1. The van der Waals surface area contributed by atoms with E-state index in [1.807, 2.05) is 24.3 Å². The molecule has 4 heteroatoms. The number of nitrogens with one attached hydrogen (secondary N) is 1. The van der Waals surface area contributed by atoms with Crippen LogP contribution in [-0.4, -0.2) is 9.97 Å². The van der Waals surface area contributed by atoms with E-state index in [2.05, 4.69) is 9.97 Å². The van der Waals surface area contributed by atoms with Gasteiger partial charge in [-0.3, -0.25) is 0 Å². The molecule has 1 heterocycles. The van der Waals surface area contributed by atoms with Gasteiger partial charge >= 0.3 is 0 Å². The van der Waals surface area contributed by atoms with Crippen LogP contribution in [0.3, 0.4) is 0 Å². The van der Waals surface area contributed by atoms with E-state index in [1.54, 1.807) is 12.1 Å². The molecule has 1 aromatic heterocycles. The van der Waals surface area contributed by atoms with E-state index in [4.69, 9.17) is 0 Å². The molecule has 0 aliphatic heterocycles. The van der Waals surface area contributed by atoms with Crippen LogP contribution >= 0.6 is 0 Å². The Hall–Kier alpha value is -2.23. The van der Waals surface area contributed by atoms with Crippen molar-refractivity contribution in [1.82, 2.24) is 9.97 Å². The molecule has 2 aromatic carbocycles. The van der Waals surface area contributed by atoms with E-state index in [9.17, 15) is 8.78 Å². The van der Waals surface area contributed by atoms with Crippen LogP contribution in [0.5, 0.6) is 0 Å². The molecule has 0 radical (unpaired) electrons. The molecule has 0 fully saturated rings. The van der Waals surface area contributed by atoms with Gasteiger partial charge in [-0.1, -0.05) is 36.4 Å². The molecule has 0 aliphatic rings. The SMILES string of the molecule is FC(F)c1ccc(-c2nc3ccccc3[nH]2)cc1. The van der Waals surface area contributed by atoms with Gasteiger partial charge < -0.3 is 4.98 Å². The molecule has 0 saturated carbocycles. The number of alkyl halides is 2. The Labute approximate surface area is 102 Å². The minimum atomic E-state index is -2.44. The average molecular weight is 244 g/mol. The number of benzene rings is 2. The standard InChI is InChI=1S/C14H10F2N2/c15-13(16)9-5-7-10(8-6-9)14-17-11-3-1-2-4-12(11)18-14/h1-8,13H,(H,17,18). The van der Waals surface area contributed by atoms with E-state index in [0.717, 1.165) is 16.6 Å². The van der Waals surface area contributed by atoms with Crippen molar-refractivity contribution >= 4 is 11.0 Å². The molecule has 0 bridgehead atoms. The summed E-state index contributed by atoms with van der Waals surface area (Å²) in [6.07, 6.45) is -2.44. The van der Waals surface area contributed by atoms with Gasteiger partial charge in [-0.15, -0.1) is 0 Å². The van der Waals surface area contributed by atoms with E-state index in [1.165, 1.54) is 12.1 Å². The highest BCUT2D eigenvalue weighted by Gasteiger charge is 2.08. The Kier molecular flexibility index (Phi) is 2.55. The molecule has 0 atom stereocenters. The Balaban J connectivity index is 2.03. The zero-order valence-electron chi connectivity index (χ0n) is 9.40. The maximum atomic E-state index is 12.4. The van der Waals surface area contributed by atoms with Crippen molar-refractivity contribution in [3.8, 4) is 11.4 Å². The van der Waals surface area contributed by atoms with Crippen LogP contribution in [-0.2, 0) is 0 Å². The molecule has 3 aromatic rings. The number of imidazole rings is 1. The quantitative estimate of drug-likeness (QED) is 0.720. The predicted molar refractivity (Wildman–Crippen MR) is 66.5 cm³/mol. The lowest BCUT2D eigenvalue weighted by Crippen LogP contribution is -1.85. The van der Waals surface area contributed by atoms with Crippen molar-refractivity contribution in [2.75, 3.05) is 0 Å². The molecule has 0 spiro atoms. The van der Waals surface area contributed by atoms with Crippen LogP contribution in [0.4, 0.5) is 8.78 Å². The summed E-state index contributed by atoms with van der Waals surface area (Å²) in [4.78, 5) is 7.58. The largest absolute Gasteiger partial charge is 0.338 e. The molecule has 3 rings (SSSR count). The highest BCUT2D eigenvalue weighted by Crippen LogP contribution is 2.24. The van der Waals surface area contributed by atoms with Crippen LogP contribution in [0.2, 0.25) is 0 Å². The minimum absolute atomic E-state index is 0.0230. The summed E-state index contributed by atoms with van der Waals surface area (Å²) in [7, 11) is 0. The summed E-state index contributed by atoms with van der Waals surface area (Å²) in [6.45, 7) is 0. The topological polar surface area (TPSA) is 28.7 Å². The van der Waals surface area contributed by atoms with Gasteiger partial charge in [0.1, 0.15) is 5.82 Å². The minimum Gasteiger partial charge on any atom is -0.338 e. The van der Waals surface area contributed by atoms with Crippen LogP contribution in [0.15, 0.2) is 48.5 Å². The van der Waals surface area contributed by atoms with Crippen LogP contribution in [0.25, 0.3) is 22.4 Å². The van der Waals surface area contributed by atoms with Crippen molar-refractivity contribution in [2.24, 2.45) is 0 Å². The number of aromatic nitrogens is 2. The first-order valence-corrected chi connectivity index (χ1v) is 5.57. The van der Waals surface area contributed by atoms with Crippen molar-refractivity contribution in [1.29, 1.82) is 0 Å². The predicted octanol–water partition coefficient (Wildman–Crippen LogP) is 4.17. The fourth-order valence-corrected chi connectivity index (χ4v) is 1.88. The average Bonchev–Trinajstić information content (AvgIpc) is 2.82. The number of rotatable bonds is 2. The van der Waals surface area contributed by atoms with E-state index in [-0.39, 0.29) is 5.56 Å². The maximum Gasteiger partial charge on any atom is 0.263 e. The highest BCUT2D eigenvalue weighted by atomic mass is 19.3. The highest BCUT2D eigenvalue weighted by molar-refractivity contribution is 5.79. The number of aromatic amines is 1. The molecule has 2 nitrogen and oxygen atoms in total. The van der Waals surface area contributed by atoms with Gasteiger partial charge in [-0.2, -0.15) is 0 Å². The van der Waals surface area contributed by atoms with Gasteiger partial charge in [0.05, 0.1) is 11.0 Å². The molecule has 0 amide bonds. The third-order valence-electron chi connectivity index (χ3n) is 2.83. The Morgan fingerprint density at radius 2 is 1.67 bits per heavy atom. The van der Waals surface area contributed by atoms with Gasteiger partial charge in [0.15, 0.2) is 0 Å². The molecule has 18 heavy (non-hydrogen) atoms. The molecule has 0 aliphatic carbocycles. The van der Waals surface area contributed by atoms with Gasteiger partial charge in [0.2, 0.25) is 0 Å². The molecular formula is C14H10F2N2.